The largest absolute Gasteiger partial charge is 0.457 e. The molecule has 2 N–H and O–H groups in total. The van der Waals surface area contributed by atoms with Crippen LogP contribution in [-0.4, -0.2) is 21.1 Å². The summed E-state index contributed by atoms with van der Waals surface area (Å²) < 4.78 is 5.85. The molecule has 0 aliphatic heterocycles. The lowest BCUT2D eigenvalue weighted by molar-refractivity contribution is 0.102. The molecule has 122 valence electrons. The van der Waals surface area contributed by atoms with Gasteiger partial charge in [0.15, 0.2) is 5.65 Å². The van der Waals surface area contributed by atoms with E-state index in [0.29, 0.717) is 28.4 Å². The normalized spacial score (nSPS) is 10.6. The number of hydrogen-bond donors (Lipinski definition) is 2. The Morgan fingerprint density at radius 3 is 2.68 bits per heavy atom. The Labute approximate surface area is 143 Å². The number of amides is 1. The molecule has 6 heteroatoms. The predicted octanol–water partition coefficient (Wildman–Crippen LogP) is 4.00. The fourth-order valence-corrected chi connectivity index (χ4v) is 2.51. The first-order chi connectivity index (χ1) is 12.3. The number of carbonyl (C=O) groups excluding carboxylic acids is 1. The summed E-state index contributed by atoms with van der Waals surface area (Å²) in [5.41, 5.74) is 1.70. The van der Waals surface area contributed by atoms with E-state index in [9.17, 15) is 4.79 Å². The maximum absolute atomic E-state index is 12.7. The summed E-state index contributed by atoms with van der Waals surface area (Å²) in [4.78, 5) is 16.9. The van der Waals surface area contributed by atoms with Gasteiger partial charge in [0.05, 0.1) is 22.8 Å². The molecule has 4 aromatic rings. The number of fused-ring (bicyclic) bond motifs is 1. The number of ether oxygens (including phenoxy) is 1. The van der Waals surface area contributed by atoms with E-state index in [1.165, 1.54) is 0 Å². The first kappa shape index (κ1) is 14.9. The van der Waals surface area contributed by atoms with Crippen molar-refractivity contribution in [1.82, 2.24) is 15.2 Å². The van der Waals surface area contributed by atoms with Gasteiger partial charge in [-0.25, -0.2) is 4.98 Å². The minimum absolute atomic E-state index is 0.264. The summed E-state index contributed by atoms with van der Waals surface area (Å²) in [7, 11) is 0. The average molecular weight is 330 g/mol. The van der Waals surface area contributed by atoms with Crippen LogP contribution >= 0.6 is 0 Å². The van der Waals surface area contributed by atoms with E-state index in [0.717, 1.165) is 5.39 Å². The van der Waals surface area contributed by atoms with Crippen molar-refractivity contribution < 1.29 is 9.53 Å². The molecule has 0 unspecified atom stereocenters. The second kappa shape index (κ2) is 6.45. The quantitative estimate of drug-likeness (QED) is 0.592. The third-order valence-electron chi connectivity index (χ3n) is 3.71. The zero-order valence-electron chi connectivity index (χ0n) is 13.1. The van der Waals surface area contributed by atoms with E-state index < -0.39 is 0 Å². The smallest absolute Gasteiger partial charge is 0.259 e. The first-order valence-electron chi connectivity index (χ1n) is 7.72. The number of aromatic nitrogens is 3. The molecular weight excluding hydrogens is 316 g/mol. The first-order valence-corrected chi connectivity index (χ1v) is 7.72. The molecule has 1 amide bonds. The van der Waals surface area contributed by atoms with Gasteiger partial charge in [-0.05, 0) is 30.3 Å². The van der Waals surface area contributed by atoms with Crippen molar-refractivity contribution in [1.29, 1.82) is 0 Å². The highest BCUT2D eigenvalue weighted by molar-refractivity contribution is 6.09. The molecule has 2 aromatic carbocycles. The lowest BCUT2D eigenvalue weighted by Gasteiger charge is -2.11. The topological polar surface area (TPSA) is 79.9 Å². The highest BCUT2D eigenvalue weighted by Crippen LogP contribution is 2.27. The van der Waals surface area contributed by atoms with Gasteiger partial charge in [0, 0.05) is 6.20 Å². The Bertz CT molecular complexity index is 1030. The molecular formula is C19H14N4O2. The standard InChI is InChI=1S/C19H14N4O2/c24-19(22-16-10-11-20-18-15(16)12-21-23-18)14-8-4-5-9-17(14)25-13-6-2-1-3-7-13/h1-12H,(H2,20,21,22,23,24). The van der Waals surface area contributed by atoms with Gasteiger partial charge >= 0.3 is 0 Å². The molecule has 0 aliphatic carbocycles. The number of benzene rings is 2. The number of nitrogens with zero attached hydrogens (tertiary/aromatic N) is 2. The zero-order chi connectivity index (χ0) is 17.1. The molecule has 0 saturated carbocycles. The van der Waals surface area contributed by atoms with E-state index in [2.05, 4.69) is 20.5 Å². The second-order valence-electron chi connectivity index (χ2n) is 5.36. The van der Waals surface area contributed by atoms with Crippen LogP contribution in [0.5, 0.6) is 11.5 Å². The van der Waals surface area contributed by atoms with Crippen LogP contribution in [0.2, 0.25) is 0 Å². The number of pyridine rings is 1. The van der Waals surface area contributed by atoms with Gasteiger partial charge in [-0.3, -0.25) is 9.89 Å². The average Bonchev–Trinajstić information content (AvgIpc) is 3.13. The van der Waals surface area contributed by atoms with Crippen molar-refractivity contribution >= 4 is 22.6 Å². The van der Waals surface area contributed by atoms with Crippen LogP contribution in [0.4, 0.5) is 5.69 Å². The van der Waals surface area contributed by atoms with Crippen LogP contribution in [-0.2, 0) is 0 Å². The number of nitrogens with one attached hydrogen (secondary N) is 2. The number of anilines is 1. The Kier molecular flexibility index (Phi) is 3.84. The lowest BCUT2D eigenvalue weighted by atomic mass is 10.1. The van der Waals surface area contributed by atoms with E-state index in [1.807, 2.05) is 36.4 Å². The van der Waals surface area contributed by atoms with Crippen LogP contribution < -0.4 is 10.1 Å². The highest BCUT2D eigenvalue weighted by Gasteiger charge is 2.14. The summed E-state index contributed by atoms with van der Waals surface area (Å²) in [6, 6.07) is 18.2. The number of aromatic amines is 1. The van der Waals surface area contributed by atoms with Gasteiger partial charge in [-0.1, -0.05) is 30.3 Å². The van der Waals surface area contributed by atoms with Crippen molar-refractivity contribution in [2.75, 3.05) is 5.32 Å². The van der Waals surface area contributed by atoms with E-state index >= 15 is 0 Å². The number of carbonyl (C=O) groups is 1. The molecule has 2 heterocycles. The van der Waals surface area contributed by atoms with Crippen molar-refractivity contribution in [3.8, 4) is 11.5 Å². The number of rotatable bonds is 4. The predicted molar refractivity (Wildman–Crippen MR) is 94.8 cm³/mol. The van der Waals surface area contributed by atoms with Gasteiger partial charge in [0.25, 0.3) is 5.91 Å². The van der Waals surface area contributed by atoms with Gasteiger partial charge < -0.3 is 10.1 Å². The van der Waals surface area contributed by atoms with Crippen molar-refractivity contribution in [3.05, 3.63) is 78.6 Å². The molecule has 2 aromatic heterocycles. The second-order valence-corrected chi connectivity index (χ2v) is 5.36. The zero-order valence-corrected chi connectivity index (χ0v) is 13.1. The van der Waals surface area contributed by atoms with E-state index in [4.69, 9.17) is 4.74 Å². The highest BCUT2D eigenvalue weighted by atomic mass is 16.5. The maximum Gasteiger partial charge on any atom is 0.259 e. The van der Waals surface area contributed by atoms with Gasteiger partial charge in [-0.2, -0.15) is 5.10 Å². The van der Waals surface area contributed by atoms with Crippen LogP contribution in [0, 0.1) is 0 Å². The Morgan fingerprint density at radius 2 is 1.80 bits per heavy atom. The molecule has 0 bridgehead atoms. The Hall–Kier alpha value is -3.67. The number of hydrogen-bond acceptors (Lipinski definition) is 4. The van der Waals surface area contributed by atoms with Crippen LogP contribution in [0.3, 0.4) is 0 Å². The third-order valence-corrected chi connectivity index (χ3v) is 3.71. The van der Waals surface area contributed by atoms with Crippen molar-refractivity contribution in [3.63, 3.8) is 0 Å². The number of H-pyrrole nitrogens is 1. The third kappa shape index (κ3) is 3.05. The van der Waals surface area contributed by atoms with E-state index in [-0.39, 0.29) is 5.91 Å². The molecule has 4 rings (SSSR count). The molecule has 0 saturated heterocycles. The number of para-hydroxylation sites is 2. The SMILES string of the molecule is O=C(Nc1ccnc2[nH]ncc12)c1ccccc1Oc1ccccc1. The summed E-state index contributed by atoms with van der Waals surface area (Å²) >= 11 is 0. The molecule has 0 atom stereocenters. The molecule has 0 spiro atoms. The van der Waals surface area contributed by atoms with Gasteiger partial charge in [0.2, 0.25) is 0 Å². The lowest BCUT2D eigenvalue weighted by Crippen LogP contribution is -2.13. The van der Waals surface area contributed by atoms with Crippen LogP contribution in [0.25, 0.3) is 11.0 Å². The fourth-order valence-electron chi connectivity index (χ4n) is 2.51. The minimum atomic E-state index is -0.264. The molecule has 25 heavy (non-hydrogen) atoms. The Balaban J connectivity index is 1.63. The molecule has 6 nitrogen and oxygen atoms in total. The summed E-state index contributed by atoms with van der Waals surface area (Å²) in [6.45, 7) is 0. The fraction of sp³-hybridized carbons (Fsp3) is 0. The van der Waals surface area contributed by atoms with Gasteiger partial charge in [-0.15, -0.1) is 0 Å². The van der Waals surface area contributed by atoms with Crippen LogP contribution in [0.1, 0.15) is 10.4 Å². The summed E-state index contributed by atoms with van der Waals surface area (Å²) in [6.07, 6.45) is 3.24. The Morgan fingerprint density at radius 1 is 1.00 bits per heavy atom. The van der Waals surface area contributed by atoms with Crippen molar-refractivity contribution in [2.45, 2.75) is 0 Å². The van der Waals surface area contributed by atoms with Crippen LogP contribution in [0.15, 0.2) is 73.1 Å². The minimum Gasteiger partial charge on any atom is -0.457 e. The van der Waals surface area contributed by atoms with Crippen molar-refractivity contribution in [2.24, 2.45) is 0 Å². The summed E-state index contributed by atoms with van der Waals surface area (Å²) in [5.74, 6) is 0.896. The molecule has 0 aliphatic rings. The summed E-state index contributed by atoms with van der Waals surface area (Å²) in [5, 5.41) is 10.4. The maximum atomic E-state index is 12.7. The monoisotopic (exact) mass is 330 g/mol. The van der Waals surface area contributed by atoms with Gasteiger partial charge in [0.1, 0.15) is 11.5 Å². The van der Waals surface area contributed by atoms with E-state index in [1.54, 1.807) is 36.7 Å². The molecule has 0 fully saturated rings. The molecule has 0 radical (unpaired) electrons.